The van der Waals surface area contributed by atoms with Crippen molar-refractivity contribution in [2.75, 3.05) is 30.8 Å². The van der Waals surface area contributed by atoms with Crippen molar-refractivity contribution in [3.8, 4) is 5.75 Å². The maximum absolute atomic E-state index is 11.4. The van der Waals surface area contributed by atoms with E-state index in [4.69, 9.17) is 4.74 Å². The molecule has 2 aromatic rings. The van der Waals surface area contributed by atoms with E-state index in [1.54, 1.807) is 11.8 Å². The predicted molar refractivity (Wildman–Crippen MR) is 99.1 cm³/mol. The summed E-state index contributed by atoms with van der Waals surface area (Å²) in [6, 6.07) is 10.5. The van der Waals surface area contributed by atoms with Gasteiger partial charge in [0.15, 0.2) is 0 Å². The molecule has 3 heterocycles. The summed E-state index contributed by atoms with van der Waals surface area (Å²) in [7, 11) is 0. The van der Waals surface area contributed by atoms with E-state index >= 15 is 0 Å². The number of hydrogen-bond acceptors (Lipinski definition) is 5. The average molecular weight is 355 g/mol. The van der Waals surface area contributed by atoms with E-state index in [1.807, 2.05) is 36.7 Å². The number of carbonyl (C=O) groups excluding carboxylic acids is 1. The molecule has 5 nitrogen and oxygen atoms in total. The molecule has 1 unspecified atom stereocenters. The second-order valence-corrected chi connectivity index (χ2v) is 7.34. The zero-order chi connectivity index (χ0) is 17.1. The Hall–Kier alpha value is -2.05. The Morgan fingerprint density at radius 1 is 1.36 bits per heavy atom. The standard InChI is InChI=1S/C19H21N3O2S/c23-19-13-25-18-11-15(5-6-16(18)21-19)24-10-9-22-8-2-4-17(22)14-3-1-7-20-12-14/h1,3,5-7,11-12,17H,2,4,8-10,13H2,(H,21,23). The molecule has 25 heavy (non-hydrogen) atoms. The van der Waals surface area contributed by atoms with Gasteiger partial charge in [-0.15, -0.1) is 11.8 Å². The fourth-order valence-electron chi connectivity index (χ4n) is 3.47. The zero-order valence-electron chi connectivity index (χ0n) is 14.0. The van der Waals surface area contributed by atoms with Crippen LogP contribution in [0.3, 0.4) is 0 Å². The highest BCUT2D eigenvalue weighted by molar-refractivity contribution is 8.00. The van der Waals surface area contributed by atoms with Crippen LogP contribution in [0.4, 0.5) is 5.69 Å². The number of thioether (sulfide) groups is 1. The third-order valence-electron chi connectivity index (χ3n) is 4.67. The molecular weight excluding hydrogens is 334 g/mol. The van der Waals surface area contributed by atoms with Crippen LogP contribution in [0.5, 0.6) is 5.75 Å². The fraction of sp³-hybridized carbons (Fsp3) is 0.368. The van der Waals surface area contributed by atoms with Crippen LogP contribution in [0, 0.1) is 0 Å². The van der Waals surface area contributed by atoms with Gasteiger partial charge >= 0.3 is 0 Å². The Kier molecular flexibility index (Phi) is 4.90. The highest BCUT2D eigenvalue weighted by atomic mass is 32.2. The van der Waals surface area contributed by atoms with Crippen LogP contribution >= 0.6 is 11.8 Å². The number of benzene rings is 1. The molecule has 0 saturated carbocycles. The molecule has 1 atom stereocenters. The number of fused-ring (bicyclic) bond motifs is 1. The number of hydrogen-bond donors (Lipinski definition) is 1. The Morgan fingerprint density at radius 3 is 3.20 bits per heavy atom. The van der Waals surface area contributed by atoms with Crippen molar-refractivity contribution >= 4 is 23.4 Å². The highest BCUT2D eigenvalue weighted by Gasteiger charge is 2.25. The van der Waals surface area contributed by atoms with Crippen LogP contribution in [0.15, 0.2) is 47.6 Å². The lowest BCUT2D eigenvalue weighted by Crippen LogP contribution is -2.28. The number of nitrogens with zero attached hydrogens (tertiary/aromatic N) is 2. The quantitative estimate of drug-likeness (QED) is 0.891. The number of nitrogens with one attached hydrogen (secondary N) is 1. The maximum Gasteiger partial charge on any atom is 0.234 e. The molecule has 1 N–H and O–H groups in total. The minimum Gasteiger partial charge on any atom is -0.492 e. The first-order valence-electron chi connectivity index (χ1n) is 8.63. The van der Waals surface area contributed by atoms with Gasteiger partial charge in [-0.25, -0.2) is 0 Å². The topological polar surface area (TPSA) is 54.5 Å². The van der Waals surface area contributed by atoms with Gasteiger partial charge in [-0.05, 0) is 49.2 Å². The van der Waals surface area contributed by atoms with E-state index in [0.29, 0.717) is 18.4 Å². The Labute approximate surface area is 151 Å². The average Bonchev–Trinajstić information content (AvgIpc) is 3.11. The predicted octanol–water partition coefficient (Wildman–Crippen LogP) is 3.34. The van der Waals surface area contributed by atoms with E-state index in [0.717, 1.165) is 29.4 Å². The van der Waals surface area contributed by atoms with Gasteiger partial charge in [0, 0.05) is 29.9 Å². The number of aromatic nitrogens is 1. The number of rotatable bonds is 5. The number of anilines is 1. The summed E-state index contributed by atoms with van der Waals surface area (Å²) in [4.78, 5) is 19.2. The Balaban J connectivity index is 1.34. The van der Waals surface area contributed by atoms with Gasteiger partial charge in [0.2, 0.25) is 5.91 Å². The molecule has 0 bridgehead atoms. The van der Waals surface area contributed by atoms with E-state index < -0.39 is 0 Å². The molecule has 0 spiro atoms. The molecule has 0 aliphatic carbocycles. The second kappa shape index (κ2) is 7.45. The van der Waals surface area contributed by atoms with Gasteiger partial charge in [-0.2, -0.15) is 0 Å². The van der Waals surface area contributed by atoms with Crippen molar-refractivity contribution in [1.82, 2.24) is 9.88 Å². The summed E-state index contributed by atoms with van der Waals surface area (Å²) in [5.74, 6) is 1.39. The van der Waals surface area contributed by atoms with Crippen molar-refractivity contribution in [2.45, 2.75) is 23.8 Å². The number of ether oxygens (including phenoxy) is 1. The first kappa shape index (κ1) is 16.4. The molecule has 130 valence electrons. The lowest BCUT2D eigenvalue weighted by Gasteiger charge is -2.24. The number of amides is 1. The summed E-state index contributed by atoms with van der Waals surface area (Å²) in [6.07, 6.45) is 6.19. The van der Waals surface area contributed by atoms with E-state index in [9.17, 15) is 4.79 Å². The van der Waals surface area contributed by atoms with Crippen LogP contribution in [0.1, 0.15) is 24.4 Å². The first-order valence-corrected chi connectivity index (χ1v) is 9.61. The number of likely N-dealkylation sites (tertiary alicyclic amines) is 1. The molecule has 2 aliphatic rings. The molecule has 4 rings (SSSR count). The molecule has 1 amide bonds. The van der Waals surface area contributed by atoms with Crippen LogP contribution in [-0.2, 0) is 4.79 Å². The molecule has 1 aromatic heterocycles. The van der Waals surface area contributed by atoms with Crippen molar-refractivity contribution in [3.05, 3.63) is 48.3 Å². The van der Waals surface area contributed by atoms with Crippen LogP contribution in [0.2, 0.25) is 0 Å². The Morgan fingerprint density at radius 2 is 2.32 bits per heavy atom. The summed E-state index contributed by atoms with van der Waals surface area (Å²) in [6.45, 7) is 2.67. The smallest absolute Gasteiger partial charge is 0.234 e. The van der Waals surface area contributed by atoms with Crippen LogP contribution < -0.4 is 10.1 Å². The molecule has 2 aliphatic heterocycles. The third-order valence-corrected chi connectivity index (χ3v) is 5.72. The largest absolute Gasteiger partial charge is 0.492 e. The minimum absolute atomic E-state index is 0.0571. The first-order chi connectivity index (χ1) is 12.3. The van der Waals surface area contributed by atoms with E-state index in [1.165, 1.54) is 18.4 Å². The lowest BCUT2D eigenvalue weighted by molar-refractivity contribution is -0.113. The second-order valence-electron chi connectivity index (χ2n) is 6.32. The Bertz CT molecular complexity index is 754. The number of carbonyl (C=O) groups is 1. The van der Waals surface area contributed by atoms with Gasteiger partial charge in [0.1, 0.15) is 12.4 Å². The van der Waals surface area contributed by atoms with Crippen molar-refractivity contribution in [3.63, 3.8) is 0 Å². The van der Waals surface area contributed by atoms with Crippen molar-refractivity contribution < 1.29 is 9.53 Å². The fourth-order valence-corrected chi connectivity index (χ4v) is 4.30. The van der Waals surface area contributed by atoms with Gasteiger partial charge in [0.25, 0.3) is 0 Å². The van der Waals surface area contributed by atoms with E-state index in [-0.39, 0.29) is 5.91 Å². The van der Waals surface area contributed by atoms with Crippen molar-refractivity contribution in [2.24, 2.45) is 0 Å². The van der Waals surface area contributed by atoms with Crippen molar-refractivity contribution in [1.29, 1.82) is 0 Å². The molecule has 1 saturated heterocycles. The summed E-state index contributed by atoms with van der Waals surface area (Å²) in [5.41, 5.74) is 2.17. The minimum atomic E-state index is 0.0571. The molecular formula is C19H21N3O2S. The van der Waals surface area contributed by atoms with Gasteiger partial charge < -0.3 is 10.1 Å². The zero-order valence-corrected chi connectivity index (χ0v) is 14.8. The molecule has 1 fully saturated rings. The molecule has 0 radical (unpaired) electrons. The number of pyridine rings is 1. The lowest BCUT2D eigenvalue weighted by atomic mass is 10.1. The van der Waals surface area contributed by atoms with Gasteiger partial charge in [-0.1, -0.05) is 6.07 Å². The van der Waals surface area contributed by atoms with Crippen LogP contribution in [0.25, 0.3) is 0 Å². The molecule has 6 heteroatoms. The SMILES string of the molecule is O=C1CSc2cc(OCCN3CCCC3c3cccnc3)ccc2N1. The maximum atomic E-state index is 11.4. The summed E-state index contributed by atoms with van der Waals surface area (Å²) in [5, 5.41) is 2.88. The van der Waals surface area contributed by atoms with Gasteiger partial charge in [-0.3, -0.25) is 14.7 Å². The van der Waals surface area contributed by atoms with Crippen LogP contribution in [-0.4, -0.2) is 41.2 Å². The highest BCUT2D eigenvalue weighted by Crippen LogP contribution is 2.34. The summed E-state index contributed by atoms with van der Waals surface area (Å²) < 4.78 is 5.96. The summed E-state index contributed by atoms with van der Waals surface area (Å²) >= 11 is 1.56. The van der Waals surface area contributed by atoms with Gasteiger partial charge in [0.05, 0.1) is 11.4 Å². The van der Waals surface area contributed by atoms with E-state index in [2.05, 4.69) is 21.3 Å². The third kappa shape index (κ3) is 3.80. The normalized spacial score (nSPS) is 20.2. The monoisotopic (exact) mass is 355 g/mol. The molecule has 1 aromatic carbocycles.